The highest BCUT2D eigenvalue weighted by Gasteiger charge is 2.14. The quantitative estimate of drug-likeness (QED) is 0.668. The maximum Gasteiger partial charge on any atom is 0.141 e. The topological polar surface area (TPSA) is 50.9 Å². The zero-order chi connectivity index (χ0) is 13.8. The number of nitrogens with two attached hydrogens (primary N) is 1. The minimum absolute atomic E-state index is 0.0878. The van der Waals surface area contributed by atoms with Gasteiger partial charge in [-0.3, -0.25) is 16.3 Å². The predicted molar refractivity (Wildman–Crippen MR) is 74.2 cm³/mol. The number of rotatable bonds is 4. The molecule has 5 heteroatoms. The lowest BCUT2D eigenvalue weighted by Crippen LogP contribution is -2.30. The van der Waals surface area contributed by atoms with Gasteiger partial charge in [0.25, 0.3) is 0 Å². The van der Waals surface area contributed by atoms with Crippen LogP contribution in [0.5, 0.6) is 0 Å². The van der Waals surface area contributed by atoms with Crippen LogP contribution >= 0.6 is 11.6 Å². The van der Waals surface area contributed by atoms with E-state index in [1.165, 1.54) is 6.07 Å². The van der Waals surface area contributed by atoms with E-state index < -0.39 is 5.82 Å². The van der Waals surface area contributed by atoms with E-state index in [1.807, 2.05) is 13.0 Å². The number of hydrogen-bond donors (Lipinski definition) is 2. The van der Waals surface area contributed by atoms with E-state index in [0.29, 0.717) is 6.42 Å². The van der Waals surface area contributed by atoms with Gasteiger partial charge in [-0.05, 0) is 48.2 Å². The fourth-order valence-corrected chi connectivity index (χ4v) is 2.21. The van der Waals surface area contributed by atoms with Crippen molar-refractivity contribution in [2.75, 3.05) is 0 Å². The average molecular weight is 280 g/mol. The van der Waals surface area contributed by atoms with Crippen LogP contribution in [0.15, 0.2) is 36.7 Å². The third-order valence-electron chi connectivity index (χ3n) is 3.08. The van der Waals surface area contributed by atoms with Crippen LogP contribution < -0.4 is 11.3 Å². The number of benzene rings is 1. The van der Waals surface area contributed by atoms with E-state index in [9.17, 15) is 4.39 Å². The summed E-state index contributed by atoms with van der Waals surface area (Å²) in [5.41, 5.74) is 5.80. The van der Waals surface area contributed by atoms with Crippen LogP contribution in [0.25, 0.3) is 0 Å². The molecule has 0 aliphatic heterocycles. The van der Waals surface area contributed by atoms with Crippen molar-refractivity contribution < 1.29 is 4.39 Å². The Morgan fingerprint density at radius 2 is 2.21 bits per heavy atom. The molecular formula is C14H15ClFN3. The molecule has 1 atom stereocenters. The van der Waals surface area contributed by atoms with Crippen molar-refractivity contribution in [1.29, 1.82) is 0 Å². The number of nitrogens with one attached hydrogen (secondary N) is 1. The van der Waals surface area contributed by atoms with Crippen LogP contribution in [0.2, 0.25) is 5.02 Å². The first kappa shape index (κ1) is 13.9. The van der Waals surface area contributed by atoms with E-state index in [1.54, 1.807) is 24.5 Å². The summed E-state index contributed by atoms with van der Waals surface area (Å²) >= 11 is 5.78. The van der Waals surface area contributed by atoms with Gasteiger partial charge in [-0.1, -0.05) is 17.7 Å². The lowest BCUT2D eigenvalue weighted by atomic mass is 9.97. The van der Waals surface area contributed by atoms with Gasteiger partial charge in [0.1, 0.15) is 5.82 Å². The molecule has 0 aliphatic rings. The molecule has 2 aromatic rings. The molecule has 100 valence electrons. The Kier molecular flexibility index (Phi) is 4.47. The highest BCUT2D eigenvalue weighted by molar-refractivity contribution is 6.30. The normalized spacial score (nSPS) is 12.4. The molecule has 2 rings (SSSR count). The minimum Gasteiger partial charge on any atom is -0.271 e. The van der Waals surface area contributed by atoms with Gasteiger partial charge in [-0.2, -0.15) is 0 Å². The van der Waals surface area contributed by atoms with E-state index in [4.69, 9.17) is 17.4 Å². The molecule has 0 spiro atoms. The average Bonchev–Trinajstić information content (AvgIpc) is 2.41. The molecule has 0 amide bonds. The van der Waals surface area contributed by atoms with Gasteiger partial charge in [0, 0.05) is 12.4 Å². The highest BCUT2D eigenvalue weighted by Crippen LogP contribution is 2.23. The first-order chi connectivity index (χ1) is 9.11. The maximum atomic E-state index is 13.1. The number of nitrogens with zero attached hydrogens (tertiary/aromatic N) is 1. The molecule has 3 nitrogen and oxygen atoms in total. The Bertz CT molecular complexity index is 574. The lowest BCUT2D eigenvalue weighted by Gasteiger charge is -2.18. The van der Waals surface area contributed by atoms with Crippen molar-refractivity contribution in [1.82, 2.24) is 10.4 Å². The van der Waals surface area contributed by atoms with E-state index >= 15 is 0 Å². The minimum atomic E-state index is -0.416. The summed E-state index contributed by atoms with van der Waals surface area (Å²) in [6.07, 6.45) is 4.13. The second-order valence-corrected chi connectivity index (χ2v) is 4.81. The van der Waals surface area contributed by atoms with Gasteiger partial charge in [0.15, 0.2) is 0 Å². The molecule has 1 heterocycles. The van der Waals surface area contributed by atoms with E-state index in [-0.39, 0.29) is 11.1 Å². The highest BCUT2D eigenvalue weighted by atomic mass is 35.5. The summed E-state index contributed by atoms with van der Waals surface area (Å²) in [5.74, 6) is 5.19. The fourth-order valence-electron chi connectivity index (χ4n) is 2.00. The standard InChI is InChI=1S/C14H15ClFN3/c1-9-4-5-18-8-11(9)14(19-17)7-10-2-3-13(16)12(15)6-10/h2-6,8,14,19H,7,17H2,1H3. The number of halogens is 2. The van der Waals surface area contributed by atoms with Crippen molar-refractivity contribution >= 4 is 11.6 Å². The molecule has 1 aromatic carbocycles. The van der Waals surface area contributed by atoms with Gasteiger partial charge in [-0.25, -0.2) is 4.39 Å². The first-order valence-electron chi connectivity index (χ1n) is 5.92. The molecule has 0 radical (unpaired) electrons. The molecule has 1 aromatic heterocycles. The molecule has 0 fully saturated rings. The Hall–Kier alpha value is -1.49. The monoisotopic (exact) mass is 279 g/mol. The Balaban J connectivity index is 2.24. The molecule has 0 saturated heterocycles. The third kappa shape index (κ3) is 3.29. The third-order valence-corrected chi connectivity index (χ3v) is 3.37. The zero-order valence-electron chi connectivity index (χ0n) is 10.5. The van der Waals surface area contributed by atoms with Crippen LogP contribution in [-0.2, 0) is 6.42 Å². The van der Waals surface area contributed by atoms with Crippen molar-refractivity contribution in [3.63, 3.8) is 0 Å². The molecule has 0 bridgehead atoms. The van der Waals surface area contributed by atoms with Crippen molar-refractivity contribution in [2.45, 2.75) is 19.4 Å². The van der Waals surface area contributed by atoms with E-state index in [2.05, 4.69) is 10.4 Å². The maximum absolute atomic E-state index is 13.1. The number of aryl methyl sites for hydroxylation is 1. The number of pyridine rings is 1. The molecule has 19 heavy (non-hydrogen) atoms. The second-order valence-electron chi connectivity index (χ2n) is 4.40. The van der Waals surface area contributed by atoms with Crippen LogP contribution in [0.4, 0.5) is 4.39 Å². The van der Waals surface area contributed by atoms with Crippen LogP contribution in [0.3, 0.4) is 0 Å². The van der Waals surface area contributed by atoms with Gasteiger partial charge in [0.2, 0.25) is 0 Å². The van der Waals surface area contributed by atoms with Crippen LogP contribution in [0.1, 0.15) is 22.7 Å². The van der Waals surface area contributed by atoms with Crippen LogP contribution in [0, 0.1) is 12.7 Å². The SMILES string of the molecule is Cc1ccncc1C(Cc1ccc(F)c(Cl)c1)NN. The zero-order valence-corrected chi connectivity index (χ0v) is 11.3. The summed E-state index contributed by atoms with van der Waals surface area (Å²) in [4.78, 5) is 4.11. The molecule has 1 unspecified atom stereocenters. The number of hydrazine groups is 1. The summed E-state index contributed by atoms with van der Waals surface area (Å²) in [7, 11) is 0. The first-order valence-corrected chi connectivity index (χ1v) is 6.30. The summed E-state index contributed by atoms with van der Waals surface area (Å²) in [6, 6.07) is 6.53. The molecular weight excluding hydrogens is 265 g/mol. The fraction of sp³-hybridized carbons (Fsp3) is 0.214. The summed E-state index contributed by atoms with van der Waals surface area (Å²) in [6.45, 7) is 2.00. The molecule has 0 saturated carbocycles. The summed E-state index contributed by atoms with van der Waals surface area (Å²) < 4.78 is 13.1. The number of hydrogen-bond acceptors (Lipinski definition) is 3. The Labute approximate surface area is 116 Å². The predicted octanol–water partition coefficient (Wildman–Crippen LogP) is 2.93. The van der Waals surface area contributed by atoms with Crippen molar-refractivity contribution in [3.05, 3.63) is 64.2 Å². The van der Waals surface area contributed by atoms with Crippen molar-refractivity contribution in [2.24, 2.45) is 5.84 Å². The van der Waals surface area contributed by atoms with Gasteiger partial charge in [-0.15, -0.1) is 0 Å². The number of aromatic nitrogens is 1. The van der Waals surface area contributed by atoms with Crippen molar-refractivity contribution in [3.8, 4) is 0 Å². The van der Waals surface area contributed by atoms with Gasteiger partial charge >= 0.3 is 0 Å². The summed E-state index contributed by atoms with van der Waals surface area (Å²) in [5, 5.41) is 0.121. The molecule has 3 N–H and O–H groups in total. The lowest BCUT2D eigenvalue weighted by molar-refractivity contribution is 0.546. The smallest absolute Gasteiger partial charge is 0.141 e. The van der Waals surface area contributed by atoms with E-state index in [0.717, 1.165) is 16.7 Å². The second kappa shape index (κ2) is 6.10. The largest absolute Gasteiger partial charge is 0.271 e. The van der Waals surface area contributed by atoms with Gasteiger partial charge in [0.05, 0.1) is 11.1 Å². The molecule has 0 aliphatic carbocycles. The Morgan fingerprint density at radius 1 is 1.42 bits per heavy atom. The van der Waals surface area contributed by atoms with Crippen LogP contribution in [-0.4, -0.2) is 4.98 Å². The van der Waals surface area contributed by atoms with Gasteiger partial charge < -0.3 is 0 Å². The Morgan fingerprint density at radius 3 is 2.84 bits per heavy atom.